The number of halogens is 2. The highest BCUT2D eigenvalue weighted by molar-refractivity contribution is 6.06. The van der Waals surface area contributed by atoms with E-state index < -0.39 is 11.6 Å². The Morgan fingerprint density at radius 1 is 1.06 bits per heavy atom. The van der Waals surface area contributed by atoms with Crippen LogP contribution in [0.5, 0.6) is 0 Å². The molecule has 1 saturated carbocycles. The zero-order chi connectivity index (χ0) is 23.7. The first-order valence-corrected chi connectivity index (χ1v) is 12.3. The number of hydrogen-bond acceptors (Lipinski definition) is 4. The highest BCUT2D eigenvalue weighted by Gasteiger charge is 2.21. The van der Waals surface area contributed by atoms with Gasteiger partial charge in [0.05, 0.1) is 17.6 Å². The summed E-state index contributed by atoms with van der Waals surface area (Å²) >= 11 is 0. The van der Waals surface area contributed by atoms with Crippen LogP contribution < -0.4 is 11.1 Å². The smallest absolute Gasteiger partial charge is 0.164 e. The topological polar surface area (TPSA) is 68.8 Å². The Kier molecular flexibility index (Phi) is 6.46. The van der Waals surface area contributed by atoms with Crippen molar-refractivity contribution in [2.75, 3.05) is 12.3 Å². The van der Waals surface area contributed by atoms with Crippen molar-refractivity contribution >= 4 is 27.8 Å². The van der Waals surface area contributed by atoms with E-state index in [0.717, 1.165) is 60.4 Å². The summed E-state index contributed by atoms with van der Waals surface area (Å²) < 4.78 is 32.1. The molecular formula is C27H31F2N5. The molecule has 0 radical (unpaired) electrons. The maximum Gasteiger partial charge on any atom is 0.164 e. The third kappa shape index (κ3) is 4.49. The number of pyridine rings is 1. The van der Waals surface area contributed by atoms with Crippen LogP contribution in [0, 0.1) is 17.6 Å². The lowest BCUT2D eigenvalue weighted by Gasteiger charge is -2.14. The highest BCUT2D eigenvalue weighted by atomic mass is 19.2. The Morgan fingerprint density at radius 3 is 2.62 bits per heavy atom. The summed E-state index contributed by atoms with van der Waals surface area (Å²) in [6.07, 6.45) is 6.35. The Balaban J connectivity index is 1.50. The van der Waals surface area contributed by atoms with Crippen molar-refractivity contribution in [1.82, 2.24) is 19.9 Å². The van der Waals surface area contributed by atoms with E-state index in [2.05, 4.69) is 17.2 Å². The number of unbranched alkanes of at least 4 members (excludes halogenated alkanes) is 1. The Morgan fingerprint density at radius 2 is 1.82 bits per heavy atom. The minimum atomic E-state index is -0.795. The van der Waals surface area contributed by atoms with E-state index in [1.807, 2.05) is 28.8 Å². The summed E-state index contributed by atoms with van der Waals surface area (Å²) in [5.41, 5.74) is 9.11. The minimum absolute atomic E-state index is 0.182. The number of rotatable bonds is 10. The molecular weight excluding hydrogens is 432 g/mol. The van der Waals surface area contributed by atoms with Gasteiger partial charge in [-0.2, -0.15) is 0 Å². The summed E-state index contributed by atoms with van der Waals surface area (Å²) in [5.74, 6) is 0.401. The number of anilines is 1. The SMILES string of the molecule is CCCCc1nc2c(N)nc3ccccc3c2n1Cc1ccc(CNCCC2CC2)c(F)c1F. The zero-order valence-corrected chi connectivity index (χ0v) is 19.6. The highest BCUT2D eigenvalue weighted by Crippen LogP contribution is 2.32. The maximum atomic E-state index is 15.2. The molecule has 7 heteroatoms. The fourth-order valence-corrected chi connectivity index (χ4v) is 4.60. The molecule has 5 rings (SSSR count). The van der Waals surface area contributed by atoms with Crippen LogP contribution in [-0.2, 0) is 19.5 Å². The first-order chi connectivity index (χ1) is 16.6. The standard InChI is InChI=1S/C27H31F2N5/c1-2-3-8-22-33-25-26(20-6-4-5-7-21(20)32-27(25)30)34(22)16-19-12-11-18(23(28)24(19)29)15-31-14-13-17-9-10-17/h4-7,11-12,17,31H,2-3,8-10,13-16H2,1H3,(H2,30,32). The molecule has 0 aliphatic heterocycles. The van der Waals surface area contributed by atoms with Gasteiger partial charge in [-0.3, -0.25) is 0 Å². The number of imidazole rings is 1. The van der Waals surface area contributed by atoms with E-state index in [0.29, 0.717) is 29.0 Å². The van der Waals surface area contributed by atoms with E-state index >= 15 is 4.39 Å². The van der Waals surface area contributed by atoms with Gasteiger partial charge in [0.1, 0.15) is 11.3 Å². The van der Waals surface area contributed by atoms with Gasteiger partial charge in [-0.1, -0.05) is 56.5 Å². The first-order valence-electron chi connectivity index (χ1n) is 12.3. The monoisotopic (exact) mass is 463 g/mol. The van der Waals surface area contributed by atoms with E-state index in [4.69, 9.17) is 10.7 Å². The van der Waals surface area contributed by atoms with Gasteiger partial charge < -0.3 is 15.6 Å². The lowest BCUT2D eigenvalue weighted by molar-refractivity contribution is 0.479. The number of nitrogens with zero attached hydrogens (tertiary/aromatic N) is 3. The molecule has 4 aromatic rings. The van der Waals surface area contributed by atoms with Crippen molar-refractivity contribution in [3.63, 3.8) is 0 Å². The predicted octanol–water partition coefficient (Wildman–Crippen LogP) is 5.73. The van der Waals surface area contributed by atoms with Crippen molar-refractivity contribution in [2.45, 2.75) is 58.5 Å². The van der Waals surface area contributed by atoms with Crippen molar-refractivity contribution < 1.29 is 8.78 Å². The summed E-state index contributed by atoms with van der Waals surface area (Å²) in [7, 11) is 0. The van der Waals surface area contributed by atoms with Crippen LogP contribution in [0.3, 0.4) is 0 Å². The van der Waals surface area contributed by atoms with E-state index in [-0.39, 0.29) is 6.54 Å². The maximum absolute atomic E-state index is 15.2. The van der Waals surface area contributed by atoms with Gasteiger partial charge in [0.2, 0.25) is 0 Å². The number of aromatic nitrogens is 3. The number of fused-ring (bicyclic) bond motifs is 3. The van der Waals surface area contributed by atoms with Crippen molar-refractivity contribution in [2.24, 2.45) is 5.92 Å². The van der Waals surface area contributed by atoms with Gasteiger partial charge in [0, 0.05) is 29.5 Å². The third-order valence-corrected chi connectivity index (χ3v) is 6.76. The van der Waals surface area contributed by atoms with Gasteiger partial charge in [-0.25, -0.2) is 18.7 Å². The van der Waals surface area contributed by atoms with Crippen LogP contribution in [0.4, 0.5) is 14.6 Å². The lowest BCUT2D eigenvalue weighted by atomic mass is 10.1. The molecule has 0 atom stereocenters. The Bertz CT molecular complexity index is 1330. The number of benzene rings is 2. The van der Waals surface area contributed by atoms with Crippen molar-refractivity contribution in [3.8, 4) is 0 Å². The number of nitrogens with two attached hydrogens (primary N) is 1. The Hall–Kier alpha value is -3.06. The lowest BCUT2D eigenvalue weighted by Crippen LogP contribution is -2.17. The number of para-hydroxylation sites is 1. The van der Waals surface area contributed by atoms with Crippen molar-refractivity contribution in [1.29, 1.82) is 0 Å². The number of nitrogens with one attached hydrogen (secondary N) is 1. The summed E-state index contributed by atoms with van der Waals surface area (Å²) in [4.78, 5) is 9.28. The summed E-state index contributed by atoms with van der Waals surface area (Å²) in [6.45, 7) is 3.46. The quantitative estimate of drug-likeness (QED) is 0.295. The molecule has 178 valence electrons. The van der Waals surface area contributed by atoms with Crippen LogP contribution in [0.25, 0.3) is 21.9 Å². The van der Waals surface area contributed by atoms with E-state index in [1.165, 1.54) is 12.8 Å². The van der Waals surface area contributed by atoms with E-state index in [9.17, 15) is 4.39 Å². The van der Waals surface area contributed by atoms with Crippen LogP contribution in [0.15, 0.2) is 36.4 Å². The van der Waals surface area contributed by atoms with Crippen LogP contribution >= 0.6 is 0 Å². The second-order valence-corrected chi connectivity index (χ2v) is 9.35. The molecule has 2 aromatic carbocycles. The largest absolute Gasteiger partial charge is 0.382 e. The van der Waals surface area contributed by atoms with Crippen LogP contribution in [0.1, 0.15) is 56.0 Å². The third-order valence-electron chi connectivity index (χ3n) is 6.76. The second kappa shape index (κ2) is 9.66. The summed E-state index contributed by atoms with van der Waals surface area (Å²) in [6, 6.07) is 11.1. The molecule has 0 amide bonds. The van der Waals surface area contributed by atoms with Crippen LogP contribution in [-0.4, -0.2) is 21.1 Å². The van der Waals surface area contributed by atoms with Gasteiger partial charge in [0.15, 0.2) is 17.5 Å². The Labute approximate surface area is 198 Å². The second-order valence-electron chi connectivity index (χ2n) is 9.35. The minimum Gasteiger partial charge on any atom is -0.382 e. The molecule has 34 heavy (non-hydrogen) atoms. The van der Waals surface area contributed by atoms with Crippen LogP contribution in [0.2, 0.25) is 0 Å². The molecule has 5 nitrogen and oxygen atoms in total. The predicted molar refractivity (Wildman–Crippen MR) is 133 cm³/mol. The van der Waals surface area contributed by atoms with Gasteiger partial charge in [0.25, 0.3) is 0 Å². The molecule has 3 N–H and O–H groups in total. The fourth-order valence-electron chi connectivity index (χ4n) is 4.60. The molecule has 0 saturated heterocycles. The van der Waals surface area contributed by atoms with Gasteiger partial charge in [-0.05, 0) is 31.4 Å². The molecule has 1 aliphatic rings. The average molecular weight is 464 g/mol. The van der Waals surface area contributed by atoms with Gasteiger partial charge in [-0.15, -0.1) is 0 Å². The molecule has 0 unspecified atom stereocenters. The molecule has 2 aromatic heterocycles. The molecule has 1 aliphatic carbocycles. The average Bonchev–Trinajstić information content (AvgIpc) is 3.60. The molecule has 0 spiro atoms. The summed E-state index contributed by atoms with van der Waals surface area (Å²) in [5, 5.41) is 4.15. The molecule has 0 bridgehead atoms. The number of aryl methyl sites for hydroxylation is 1. The molecule has 2 heterocycles. The van der Waals surface area contributed by atoms with Crippen molar-refractivity contribution in [3.05, 3.63) is 65.0 Å². The first kappa shape index (κ1) is 22.7. The number of hydrogen-bond donors (Lipinski definition) is 2. The zero-order valence-electron chi connectivity index (χ0n) is 19.6. The van der Waals surface area contributed by atoms with Gasteiger partial charge >= 0.3 is 0 Å². The fraction of sp³-hybridized carbons (Fsp3) is 0.407. The molecule has 1 fully saturated rings. The number of nitrogen functional groups attached to an aromatic ring is 1. The van der Waals surface area contributed by atoms with E-state index in [1.54, 1.807) is 12.1 Å². The normalized spacial score (nSPS) is 13.9.